The lowest BCUT2D eigenvalue weighted by Gasteiger charge is -2.33. The molecular formula is C19H30N4O2. The molecule has 1 unspecified atom stereocenters. The summed E-state index contributed by atoms with van der Waals surface area (Å²) in [5.74, 6) is 1.07. The second kappa shape index (κ2) is 7.67. The van der Waals surface area contributed by atoms with Gasteiger partial charge in [0.15, 0.2) is 5.69 Å². The van der Waals surface area contributed by atoms with Crippen molar-refractivity contribution in [3.05, 3.63) is 21.9 Å². The van der Waals surface area contributed by atoms with Gasteiger partial charge in [0, 0.05) is 11.3 Å². The van der Waals surface area contributed by atoms with E-state index in [4.69, 9.17) is 0 Å². The first kappa shape index (κ1) is 18.1. The van der Waals surface area contributed by atoms with Gasteiger partial charge in [-0.3, -0.25) is 9.59 Å². The van der Waals surface area contributed by atoms with Gasteiger partial charge in [-0.05, 0) is 32.1 Å². The van der Waals surface area contributed by atoms with Crippen molar-refractivity contribution in [1.29, 1.82) is 0 Å². The molecule has 2 aliphatic rings. The highest BCUT2D eigenvalue weighted by Gasteiger charge is 2.36. The van der Waals surface area contributed by atoms with Gasteiger partial charge in [0.2, 0.25) is 5.91 Å². The molecule has 6 nitrogen and oxygen atoms in total. The van der Waals surface area contributed by atoms with Crippen LogP contribution in [0.25, 0.3) is 0 Å². The molecule has 0 radical (unpaired) electrons. The average molecular weight is 346 g/mol. The van der Waals surface area contributed by atoms with Crippen LogP contribution < -0.4 is 10.9 Å². The largest absolute Gasteiger partial charge is 0.347 e. The first-order valence-corrected chi connectivity index (χ1v) is 9.81. The highest BCUT2D eigenvalue weighted by molar-refractivity contribution is 5.82. The first-order valence-electron chi connectivity index (χ1n) is 9.81. The van der Waals surface area contributed by atoms with E-state index in [0.717, 1.165) is 38.5 Å². The summed E-state index contributed by atoms with van der Waals surface area (Å²) < 4.78 is 0. The monoisotopic (exact) mass is 346 g/mol. The van der Waals surface area contributed by atoms with Crippen molar-refractivity contribution in [2.45, 2.75) is 90.0 Å². The van der Waals surface area contributed by atoms with E-state index in [1.54, 1.807) is 0 Å². The standard InChI is InChI=1S/C19H30N4O2/c1-3-14(20-18(25)19(2)11-7-4-8-12-19)15-17(24)21-16(23-22-15)13-9-5-6-10-13/h13-14H,3-12H2,1-2H3,(H,20,25)(H,21,23,24). The van der Waals surface area contributed by atoms with Gasteiger partial charge in [-0.25, -0.2) is 0 Å². The molecule has 138 valence electrons. The van der Waals surface area contributed by atoms with E-state index in [-0.39, 0.29) is 22.9 Å². The molecule has 2 saturated carbocycles. The Kier molecular flexibility index (Phi) is 5.54. The Hall–Kier alpha value is -1.72. The summed E-state index contributed by atoms with van der Waals surface area (Å²) in [5.41, 5.74) is -0.204. The summed E-state index contributed by atoms with van der Waals surface area (Å²) in [4.78, 5) is 28.2. The van der Waals surface area contributed by atoms with Crippen molar-refractivity contribution in [3.63, 3.8) is 0 Å². The minimum atomic E-state index is -0.375. The summed E-state index contributed by atoms with van der Waals surface area (Å²) in [7, 11) is 0. The second-order valence-electron chi connectivity index (χ2n) is 7.96. The Morgan fingerprint density at radius 2 is 1.88 bits per heavy atom. The van der Waals surface area contributed by atoms with Crippen LogP contribution in [0.15, 0.2) is 4.79 Å². The zero-order valence-electron chi connectivity index (χ0n) is 15.4. The predicted molar refractivity (Wildman–Crippen MR) is 96.2 cm³/mol. The van der Waals surface area contributed by atoms with Gasteiger partial charge in [-0.15, -0.1) is 10.2 Å². The van der Waals surface area contributed by atoms with E-state index in [0.29, 0.717) is 23.9 Å². The molecule has 1 amide bonds. The number of aromatic amines is 1. The van der Waals surface area contributed by atoms with Crippen LogP contribution in [-0.2, 0) is 4.79 Å². The molecule has 2 aliphatic carbocycles. The molecule has 1 aromatic heterocycles. The molecule has 1 heterocycles. The van der Waals surface area contributed by atoms with Crippen LogP contribution in [0.2, 0.25) is 0 Å². The quantitative estimate of drug-likeness (QED) is 0.856. The third kappa shape index (κ3) is 3.93. The maximum absolute atomic E-state index is 12.8. The maximum Gasteiger partial charge on any atom is 0.275 e. The Bertz CT molecular complexity index is 658. The highest BCUT2D eigenvalue weighted by Crippen LogP contribution is 2.36. The third-order valence-electron chi connectivity index (χ3n) is 6.03. The van der Waals surface area contributed by atoms with E-state index < -0.39 is 0 Å². The SMILES string of the molecule is CCC(NC(=O)C1(C)CCCCC1)c1nnc(C2CCCC2)[nH]c1=O. The van der Waals surface area contributed by atoms with Crippen molar-refractivity contribution in [1.82, 2.24) is 20.5 Å². The Morgan fingerprint density at radius 1 is 1.20 bits per heavy atom. The van der Waals surface area contributed by atoms with Crippen molar-refractivity contribution in [3.8, 4) is 0 Å². The molecule has 0 spiro atoms. The van der Waals surface area contributed by atoms with E-state index in [9.17, 15) is 9.59 Å². The van der Waals surface area contributed by atoms with Crippen LogP contribution in [0.5, 0.6) is 0 Å². The molecule has 2 fully saturated rings. The molecule has 0 aromatic carbocycles. The van der Waals surface area contributed by atoms with Crippen molar-refractivity contribution in [2.24, 2.45) is 5.41 Å². The summed E-state index contributed by atoms with van der Waals surface area (Å²) in [6, 6.07) is -0.375. The molecule has 2 N–H and O–H groups in total. The average Bonchev–Trinajstić information content (AvgIpc) is 3.15. The molecular weight excluding hydrogens is 316 g/mol. The van der Waals surface area contributed by atoms with Crippen LogP contribution in [0.3, 0.4) is 0 Å². The fourth-order valence-corrected chi connectivity index (χ4v) is 4.22. The zero-order chi connectivity index (χ0) is 17.9. The topological polar surface area (TPSA) is 87.7 Å². The molecule has 3 rings (SSSR count). The van der Waals surface area contributed by atoms with Crippen molar-refractivity contribution < 1.29 is 4.79 Å². The maximum atomic E-state index is 12.8. The molecule has 0 aliphatic heterocycles. The fraction of sp³-hybridized carbons (Fsp3) is 0.789. The Balaban J connectivity index is 1.74. The van der Waals surface area contributed by atoms with Gasteiger partial charge >= 0.3 is 0 Å². The number of nitrogens with zero attached hydrogens (tertiary/aromatic N) is 2. The lowest BCUT2D eigenvalue weighted by atomic mass is 9.75. The number of H-pyrrole nitrogens is 1. The Morgan fingerprint density at radius 3 is 2.48 bits per heavy atom. The summed E-state index contributed by atoms with van der Waals surface area (Å²) >= 11 is 0. The molecule has 25 heavy (non-hydrogen) atoms. The highest BCUT2D eigenvalue weighted by atomic mass is 16.2. The number of aromatic nitrogens is 3. The van der Waals surface area contributed by atoms with Gasteiger partial charge in [-0.2, -0.15) is 0 Å². The Labute approximate surface area is 149 Å². The minimum Gasteiger partial charge on any atom is -0.347 e. The molecule has 6 heteroatoms. The van der Waals surface area contributed by atoms with Crippen molar-refractivity contribution in [2.75, 3.05) is 0 Å². The predicted octanol–water partition coefficient (Wildman–Crippen LogP) is 3.36. The summed E-state index contributed by atoms with van der Waals surface area (Å²) in [6.07, 6.45) is 10.3. The van der Waals surface area contributed by atoms with Crippen molar-refractivity contribution >= 4 is 5.91 Å². The molecule has 0 bridgehead atoms. The van der Waals surface area contributed by atoms with Crippen LogP contribution in [0, 0.1) is 5.41 Å². The first-order chi connectivity index (χ1) is 12.0. The molecule has 1 aromatic rings. The number of carbonyl (C=O) groups is 1. The lowest BCUT2D eigenvalue weighted by molar-refractivity contribution is -0.132. The van der Waals surface area contributed by atoms with Crippen LogP contribution >= 0.6 is 0 Å². The number of carbonyl (C=O) groups excluding carboxylic acids is 1. The minimum absolute atomic E-state index is 0.0418. The van der Waals surface area contributed by atoms with Crippen LogP contribution in [0.4, 0.5) is 0 Å². The van der Waals surface area contributed by atoms with Crippen LogP contribution in [0.1, 0.15) is 102 Å². The smallest absolute Gasteiger partial charge is 0.275 e. The normalized spacial score (nSPS) is 21.8. The van der Waals surface area contributed by atoms with Gasteiger partial charge < -0.3 is 10.3 Å². The summed E-state index contributed by atoms with van der Waals surface area (Å²) in [6.45, 7) is 3.99. The van der Waals surface area contributed by atoms with E-state index in [1.165, 1.54) is 19.3 Å². The van der Waals surface area contributed by atoms with E-state index in [1.807, 2.05) is 13.8 Å². The molecule has 1 atom stereocenters. The van der Waals surface area contributed by atoms with Gasteiger partial charge in [0.05, 0.1) is 6.04 Å². The second-order valence-corrected chi connectivity index (χ2v) is 7.96. The molecule has 0 saturated heterocycles. The van der Waals surface area contributed by atoms with Gasteiger partial charge in [0.1, 0.15) is 5.82 Å². The fourth-order valence-electron chi connectivity index (χ4n) is 4.22. The zero-order valence-corrected chi connectivity index (χ0v) is 15.4. The number of rotatable bonds is 5. The van der Waals surface area contributed by atoms with Gasteiger partial charge in [-0.1, -0.05) is 46.0 Å². The van der Waals surface area contributed by atoms with Crippen LogP contribution in [-0.4, -0.2) is 21.1 Å². The number of nitrogens with one attached hydrogen (secondary N) is 2. The number of hydrogen-bond donors (Lipinski definition) is 2. The lowest BCUT2D eigenvalue weighted by Crippen LogP contribution is -2.43. The number of amides is 1. The van der Waals surface area contributed by atoms with E-state index >= 15 is 0 Å². The summed E-state index contributed by atoms with van der Waals surface area (Å²) in [5, 5.41) is 11.5. The van der Waals surface area contributed by atoms with E-state index in [2.05, 4.69) is 20.5 Å². The number of hydrogen-bond acceptors (Lipinski definition) is 4. The van der Waals surface area contributed by atoms with Gasteiger partial charge in [0.25, 0.3) is 5.56 Å². The third-order valence-corrected chi connectivity index (χ3v) is 6.03.